The van der Waals surface area contributed by atoms with E-state index in [1.165, 1.54) is 19.3 Å². The molecule has 0 aliphatic carbocycles. The van der Waals surface area contributed by atoms with E-state index in [4.69, 9.17) is 23.2 Å². The Morgan fingerprint density at radius 3 is 2.95 bits per heavy atom. The zero-order valence-electron chi connectivity index (χ0n) is 11.1. The molecule has 1 aliphatic rings. The summed E-state index contributed by atoms with van der Waals surface area (Å²) in [4.78, 5) is 7.89. The summed E-state index contributed by atoms with van der Waals surface area (Å²) >= 11 is 12.3. The Balaban J connectivity index is 1.87. The normalized spacial score (nSPS) is 19.8. The van der Waals surface area contributed by atoms with E-state index in [1.807, 2.05) is 18.3 Å². The summed E-state index contributed by atoms with van der Waals surface area (Å²) in [5, 5.41) is 4.89. The number of benzene rings is 1. The van der Waals surface area contributed by atoms with Crippen LogP contribution in [0.4, 0.5) is 0 Å². The van der Waals surface area contributed by atoms with Crippen molar-refractivity contribution in [2.45, 2.75) is 31.7 Å². The zero-order chi connectivity index (χ0) is 13.9. The molecule has 3 nitrogen and oxygen atoms in total. The van der Waals surface area contributed by atoms with Crippen LogP contribution in [0.1, 0.15) is 37.5 Å². The van der Waals surface area contributed by atoms with Crippen molar-refractivity contribution in [3.05, 3.63) is 40.3 Å². The van der Waals surface area contributed by atoms with Crippen LogP contribution in [0.5, 0.6) is 0 Å². The fourth-order valence-corrected chi connectivity index (χ4v) is 3.01. The van der Waals surface area contributed by atoms with Crippen LogP contribution in [0.2, 0.25) is 10.0 Å². The fraction of sp³-hybridized carbons (Fsp3) is 0.400. The first-order chi connectivity index (χ1) is 9.74. The van der Waals surface area contributed by atoms with Gasteiger partial charge in [0, 0.05) is 10.6 Å². The highest BCUT2D eigenvalue weighted by Crippen LogP contribution is 2.30. The topological polar surface area (TPSA) is 40.7 Å². The highest BCUT2D eigenvalue weighted by atomic mass is 35.5. The third kappa shape index (κ3) is 3.00. The summed E-state index contributed by atoms with van der Waals surface area (Å²) in [5.74, 6) is 0.984. The van der Waals surface area contributed by atoms with Gasteiger partial charge in [0.15, 0.2) is 0 Å². The van der Waals surface area contributed by atoms with Crippen LogP contribution in [0, 0.1) is 0 Å². The highest BCUT2D eigenvalue weighted by Gasteiger charge is 2.17. The van der Waals surface area contributed by atoms with Crippen LogP contribution in [0.15, 0.2) is 24.4 Å². The van der Waals surface area contributed by atoms with Crippen molar-refractivity contribution >= 4 is 23.2 Å². The molecule has 3 rings (SSSR count). The second kappa shape index (κ2) is 6.17. The molecular weight excluding hydrogens is 293 g/mol. The summed E-state index contributed by atoms with van der Waals surface area (Å²) < 4.78 is 0. The minimum atomic E-state index is 0.309. The molecule has 106 valence electrons. The number of imidazole rings is 1. The third-order valence-electron chi connectivity index (χ3n) is 3.70. The van der Waals surface area contributed by atoms with Gasteiger partial charge in [-0.1, -0.05) is 36.0 Å². The lowest BCUT2D eigenvalue weighted by atomic mass is 10.1. The first kappa shape index (κ1) is 13.9. The number of halogens is 2. The molecule has 5 heteroatoms. The largest absolute Gasteiger partial charge is 0.341 e. The van der Waals surface area contributed by atoms with E-state index in [9.17, 15) is 0 Å². The number of aromatic amines is 1. The van der Waals surface area contributed by atoms with Gasteiger partial charge >= 0.3 is 0 Å². The fourth-order valence-electron chi connectivity index (χ4n) is 2.62. The summed E-state index contributed by atoms with van der Waals surface area (Å²) in [6.45, 7) is 1.05. The summed E-state index contributed by atoms with van der Waals surface area (Å²) in [6.07, 6.45) is 6.72. The van der Waals surface area contributed by atoms with E-state index < -0.39 is 0 Å². The molecule has 1 unspecified atom stereocenters. The lowest BCUT2D eigenvalue weighted by molar-refractivity contribution is 0.512. The molecule has 2 aromatic rings. The first-order valence-electron chi connectivity index (χ1n) is 6.98. The van der Waals surface area contributed by atoms with Gasteiger partial charge in [0.25, 0.3) is 0 Å². The maximum Gasteiger partial charge on any atom is 0.123 e. The van der Waals surface area contributed by atoms with Crippen molar-refractivity contribution < 1.29 is 0 Å². The minimum absolute atomic E-state index is 0.309. The monoisotopic (exact) mass is 309 g/mol. The molecule has 2 heterocycles. The zero-order valence-corrected chi connectivity index (χ0v) is 12.6. The summed E-state index contributed by atoms with van der Waals surface area (Å²) in [5.41, 5.74) is 1.81. The van der Waals surface area contributed by atoms with Gasteiger partial charge in [-0.25, -0.2) is 4.98 Å². The smallest absolute Gasteiger partial charge is 0.123 e. The van der Waals surface area contributed by atoms with Crippen LogP contribution < -0.4 is 5.32 Å². The van der Waals surface area contributed by atoms with E-state index in [-0.39, 0.29) is 0 Å². The summed E-state index contributed by atoms with van der Waals surface area (Å²) in [7, 11) is 0. The predicted octanol–water partition coefficient (Wildman–Crippen LogP) is 4.59. The van der Waals surface area contributed by atoms with Crippen molar-refractivity contribution in [1.82, 2.24) is 15.3 Å². The third-order valence-corrected chi connectivity index (χ3v) is 4.27. The number of nitrogens with zero attached hydrogens (tertiary/aromatic N) is 1. The van der Waals surface area contributed by atoms with Gasteiger partial charge in [-0.15, -0.1) is 0 Å². The van der Waals surface area contributed by atoms with Gasteiger partial charge in [0.2, 0.25) is 0 Å². The Kier molecular flexibility index (Phi) is 4.29. The van der Waals surface area contributed by atoms with Gasteiger partial charge in [-0.05, 0) is 37.6 Å². The lowest BCUT2D eigenvalue weighted by Gasteiger charge is -2.12. The molecule has 1 aromatic heterocycles. The number of nitrogens with one attached hydrogen (secondary N) is 2. The molecule has 1 saturated heterocycles. The number of aromatic nitrogens is 2. The Hall–Kier alpha value is -1.03. The van der Waals surface area contributed by atoms with Crippen molar-refractivity contribution in [1.29, 1.82) is 0 Å². The molecule has 0 amide bonds. The van der Waals surface area contributed by atoms with E-state index >= 15 is 0 Å². The van der Waals surface area contributed by atoms with E-state index in [0.717, 1.165) is 30.0 Å². The molecular formula is C15H17Cl2N3. The van der Waals surface area contributed by atoms with Crippen LogP contribution in [-0.2, 0) is 0 Å². The molecule has 1 atom stereocenters. The van der Waals surface area contributed by atoms with E-state index in [0.29, 0.717) is 16.1 Å². The van der Waals surface area contributed by atoms with Crippen LogP contribution in [0.3, 0.4) is 0 Å². The lowest BCUT2D eigenvalue weighted by Crippen LogP contribution is -2.21. The van der Waals surface area contributed by atoms with Crippen LogP contribution in [-0.4, -0.2) is 16.5 Å². The summed E-state index contributed by atoms with van der Waals surface area (Å²) in [6, 6.07) is 5.77. The van der Waals surface area contributed by atoms with E-state index in [1.54, 1.807) is 6.07 Å². The maximum absolute atomic E-state index is 6.23. The molecule has 1 fully saturated rings. The highest BCUT2D eigenvalue weighted by molar-refractivity contribution is 6.35. The molecule has 20 heavy (non-hydrogen) atoms. The standard InChI is InChI=1S/C15H17Cl2N3/c16-10-5-6-12(17)11(8-10)14-9-19-15(20-14)13-4-2-1-3-7-18-13/h5-6,8-9,13,18H,1-4,7H2,(H,19,20). The second-order valence-corrected chi connectivity index (χ2v) is 6.01. The van der Waals surface area contributed by atoms with Crippen LogP contribution >= 0.6 is 23.2 Å². The van der Waals surface area contributed by atoms with E-state index in [2.05, 4.69) is 15.3 Å². The SMILES string of the molecule is Clc1ccc(Cl)c(-c2cnc(C3CCCCCN3)[nH]2)c1. The molecule has 1 aliphatic heterocycles. The predicted molar refractivity (Wildman–Crippen MR) is 83.3 cm³/mol. The maximum atomic E-state index is 6.23. The van der Waals surface area contributed by atoms with Gasteiger partial charge in [-0.2, -0.15) is 0 Å². The molecule has 0 radical (unpaired) electrons. The molecule has 2 N–H and O–H groups in total. The van der Waals surface area contributed by atoms with Crippen molar-refractivity contribution in [3.8, 4) is 11.3 Å². The molecule has 0 bridgehead atoms. The van der Waals surface area contributed by atoms with Gasteiger partial charge in [0.05, 0.1) is 23.0 Å². The average Bonchev–Trinajstić information content (AvgIpc) is 2.77. The van der Waals surface area contributed by atoms with Crippen molar-refractivity contribution in [2.24, 2.45) is 0 Å². The van der Waals surface area contributed by atoms with Crippen molar-refractivity contribution in [2.75, 3.05) is 6.54 Å². The number of rotatable bonds is 2. The quantitative estimate of drug-likeness (QED) is 0.852. The van der Waals surface area contributed by atoms with Crippen molar-refractivity contribution in [3.63, 3.8) is 0 Å². The van der Waals surface area contributed by atoms with Gasteiger partial charge in [0.1, 0.15) is 5.82 Å². The molecule has 0 spiro atoms. The Morgan fingerprint density at radius 1 is 1.15 bits per heavy atom. The average molecular weight is 310 g/mol. The van der Waals surface area contributed by atoms with Crippen LogP contribution in [0.25, 0.3) is 11.3 Å². The Morgan fingerprint density at radius 2 is 2.05 bits per heavy atom. The number of hydrogen-bond donors (Lipinski definition) is 2. The van der Waals surface area contributed by atoms with Gasteiger partial charge < -0.3 is 10.3 Å². The minimum Gasteiger partial charge on any atom is -0.341 e. The second-order valence-electron chi connectivity index (χ2n) is 5.16. The number of H-pyrrole nitrogens is 1. The molecule has 1 aromatic carbocycles. The van der Waals surface area contributed by atoms with Gasteiger partial charge in [-0.3, -0.25) is 0 Å². The Bertz CT molecular complexity index is 587. The molecule has 0 saturated carbocycles. The Labute approximate surface area is 128 Å². The first-order valence-corrected chi connectivity index (χ1v) is 7.73. The number of hydrogen-bond acceptors (Lipinski definition) is 2.